The molecule has 1 aromatic heterocycles. The Labute approximate surface area is 158 Å². The molecule has 2 aromatic carbocycles. The fourth-order valence-electron chi connectivity index (χ4n) is 2.21. The van der Waals surface area contributed by atoms with E-state index in [-0.39, 0.29) is 11.2 Å². The number of benzene rings is 2. The highest BCUT2D eigenvalue weighted by Gasteiger charge is 2.13. The molecule has 25 heavy (non-hydrogen) atoms. The first-order valence-corrected chi connectivity index (χ1v) is 8.45. The Morgan fingerprint density at radius 3 is 2.36 bits per heavy atom. The predicted molar refractivity (Wildman–Crippen MR) is 102 cm³/mol. The number of rotatable bonds is 3. The first-order chi connectivity index (χ1) is 11.9. The van der Waals surface area contributed by atoms with E-state index in [1.807, 2.05) is 13.0 Å². The number of aromatic amines is 1. The van der Waals surface area contributed by atoms with E-state index in [0.29, 0.717) is 32.1 Å². The van der Waals surface area contributed by atoms with Gasteiger partial charge in [0.1, 0.15) is 0 Å². The van der Waals surface area contributed by atoms with Gasteiger partial charge in [-0.15, -0.1) is 5.11 Å². The van der Waals surface area contributed by atoms with Crippen LogP contribution in [0.25, 0.3) is 5.69 Å². The molecule has 5 nitrogen and oxygen atoms in total. The average molecular weight is 396 g/mol. The summed E-state index contributed by atoms with van der Waals surface area (Å²) < 4.78 is 1.38. The van der Waals surface area contributed by atoms with Crippen LogP contribution in [0.15, 0.2) is 51.4 Å². The van der Waals surface area contributed by atoms with Crippen LogP contribution < -0.4 is 5.56 Å². The van der Waals surface area contributed by atoms with Gasteiger partial charge in [0, 0.05) is 5.02 Å². The molecule has 0 amide bonds. The summed E-state index contributed by atoms with van der Waals surface area (Å²) in [6.07, 6.45) is 0. The zero-order valence-electron chi connectivity index (χ0n) is 13.3. The van der Waals surface area contributed by atoms with Crippen molar-refractivity contribution in [3.05, 3.63) is 73.1 Å². The van der Waals surface area contributed by atoms with Crippen molar-refractivity contribution in [1.82, 2.24) is 9.78 Å². The van der Waals surface area contributed by atoms with E-state index < -0.39 is 0 Å². The summed E-state index contributed by atoms with van der Waals surface area (Å²) in [7, 11) is 0. The SMILES string of the molecule is Cc1ccc(-n2[nH]c(C)c(N=Nc3ccc(Cl)c(Cl)c3)c2=O)cc1Cl. The van der Waals surface area contributed by atoms with Crippen LogP contribution in [0.3, 0.4) is 0 Å². The first kappa shape index (κ1) is 17.7. The van der Waals surface area contributed by atoms with E-state index in [4.69, 9.17) is 34.8 Å². The van der Waals surface area contributed by atoms with Crippen LogP contribution in [0.1, 0.15) is 11.3 Å². The number of azo groups is 1. The fourth-order valence-corrected chi connectivity index (χ4v) is 2.68. The monoisotopic (exact) mass is 394 g/mol. The summed E-state index contributed by atoms with van der Waals surface area (Å²) >= 11 is 18.0. The number of nitrogens with zero attached hydrogens (tertiary/aromatic N) is 3. The van der Waals surface area contributed by atoms with Gasteiger partial charge in [0.2, 0.25) is 0 Å². The maximum Gasteiger partial charge on any atom is 0.299 e. The molecule has 0 fully saturated rings. The van der Waals surface area contributed by atoms with Gasteiger partial charge >= 0.3 is 0 Å². The molecule has 0 aliphatic carbocycles. The molecule has 3 aromatic rings. The molecule has 3 rings (SSSR count). The van der Waals surface area contributed by atoms with E-state index in [2.05, 4.69) is 15.3 Å². The number of aryl methyl sites for hydroxylation is 2. The van der Waals surface area contributed by atoms with Crippen molar-refractivity contribution in [3.8, 4) is 5.69 Å². The Balaban J connectivity index is 1.99. The van der Waals surface area contributed by atoms with Gasteiger partial charge in [0.15, 0.2) is 5.69 Å². The van der Waals surface area contributed by atoms with Crippen molar-refractivity contribution in [2.75, 3.05) is 0 Å². The van der Waals surface area contributed by atoms with Gasteiger partial charge in [-0.1, -0.05) is 40.9 Å². The molecular weight excluding hydrogens is 383 g/mol. The predicted octanol–water partition coefficient (Wildman–Crippen LogP) is 6.16. The largest absolute Gasteiger partial charge is 0.299 e. The van der Waals surface area contributed by atoms with Crippen LogP contribution in [-0.2, 0) is 0 Å². The molecule has 8 heteroatoms. The highest BCUT2D eigenvalue weighted by atomic mass is 35.5. The van der Waals surface area contributed by atoms with Crippen molar-refractivity contribution in [2.45, 2.75) is 13.8 Å². The number of aromatic nitrogens is 2. The minimum atomic E-state index is -0.318. The van der Waals surface area contributed by atoms with Crippen LogP contribution in [-0.4, -0.2) is 9.78 Å². The van der Waals surface area contributed by atoms with Gasteiger partial charge in [-0.3, -0.25) is 9.89 Å². The van der Waals surface area contributed by atoms with E-state index in [9.17, 15) is 4.79 Å². The molecule has 0 unspecified atom stereocenters. The third kappa shape index (κ3) is 3.63. The maximum atomic E-state index is 12.6. The average Bonchev–Trinajstić information content (AvgIpc) is 2.86. The highest BCUT2D eigenvalue weighted by Crippen LogP contribution is 2.28. The van der Waals surface area contributed by atoms with E-state index in [0.717, 1.165) is 5.56 Å². The molecule has 0 saturated carbocycles. The third-order valence-corrected chi connectivity index (χ3v) is 4.77. The number of halogens is 3. The van der Waals surface area contributed by atoms with Gasteiger partial charge in [-0.2, -0.15) is 5.11 Å². The van der Waals surface area contributed by atoms with Crippen molar-refractivity contribution >= 4 is 46.2 Å². The standard InChI is InChI=1S/C17H13Cl3N4O/c1-9-3-5-12(8-14(9)19)24-17(25)16(10(2)23-24)22-21-11-4-6-13(18)15(20)7-11/h3-8,23H,1-2H3. The van der Waals surface area contributed by atoms with E-state index in [1.54, 1.807) is 37.3 Å². The van der Waals surface area contributed by atoms with Gasteiger partial charge in [0.05, 0.1) is 27.1 Å². The first-order valence-electron chi connectivity index (χ1n) is 7.32. The van der Waals surface area contributed by atoms with E-state index in [1.165, 1.54) is 4.68 Å². The van der Waals surface area contributed by atoms with Crippen molar-refractivity contribution in [1.29, 1.82) is 0 Å². The Morgan fingerprint density at radius 2 is 1.68 bits per heavy atom. The lowest BCUT2D eigenvalue weighted by Gasteiger charge is -2.03. The Morgan fingerprint density at radius 1 is 0.920 bits per heavy atom. The van der Waals surface area contributed by atoms with Gasteiger partial charge < -0.3 is 0 Å². The van der Waals surface area contributed by atoms with Crippen molar-refractivity contribution in [2.24, 2.45) is 10.2 Å². The second kappa shape index (κ2) is 7.04. The quantitative estimate of drug-likeness (QED) is 0.530. The molecule has 0 aliphatic heterocycles. The van der Waals surface area contributed by atoms with Crippen LogP contribution in [0.2, 0.25) is 15.1 Å². The van der Waals surface area contributed by atoms with Crippen LogP contribution in [0.5, 0.6) is 0 Å². The minimum absolute atomic E-state index is 0.211. The lowest BCUT2D eigenvalue weighted by atomic mass is 10.2. The molecule has 0 aliphatic rings. The van der Waals surface area contributed by atoms with Gasteiger partial charge in [-0.25, -0.2) is 4.68 Å². The zero-order chi connectivity index (χ0) is 18.1. The topological polar surface area (TPSA) is 62.5 Å². The molecule has 128 valence electrons. The lowest BCUT2D eigenvalue weighted by Crippen LogP contribution is -2.14. The van der Waals surface area contributed by atoms with Crippen LogP contribution in [0, 0.1) is 13.8 Å². The normalized spacial score (nSPS) is 11.4. The number of H-pyrrole nitrogens is 1. The molecule has 0 saturated heterocycles. The summed E-state index contributed by atoms with van der Waals surface area (Å²) in [6, 6.07) is 10.2. The van der Waals surface area contributed by atoms with Gasteiger partial charge in [-0.05, 0) is 49.7 Å². The molecule has 1 N–H and O–H groups in total. The highest BCUT2D eigenvalue weighted by molar-refractivity contribution is 6.42. The second-order valence-corrected chi connectivity index (χ2v) is 6.68. The molecule has 0 atom stereocenters. The maximum absolute atomic E-state index is 12.6. The number of hydrogen-bond donors (Lipinski definition) is 1. The molecule has 0 spiro atoms. The zero-order valence-corrected chi connectivity index (χ0v) is 15.6. The van der Waals surface area contributed by atoms with Crippen molar-refractivity contribution in [3.63, 3.8) is 0 Å². The summed E-state index contributed by atoms with van der Waals surface area (Å²) in [5.41, 5.74) is 2.54. The van der Waals surface area contributed by atoms with Crippen molar-refractivity contribution < 1.29 is 0 Å². The number of hydrogen-bond acceptors (Lipinski definition) is 3. The Kier molecular flexibility index (Phi) is 4.99. The third-order valence-electron chi connectivity index (χ3n) is 3.62. The van der Waals surface area contributed by atoms with Crippen LogP contribution >= 0.6 is 34.8 Å². The van der Waals surface area contributed by atoms with Gasteiger partial charge in [0.25, 0.3) is 5.56 Å². The van der Waals surface area contributed by atoms with Crippen LogP contribution in [0.4, 0.5) is 11.4 Å². The smallest absolute Gasteiger partial charge is 0.293 e. The molecule has 0 radical (unpaired) electrons. The fraction of sp³-hybridized carbons (Fsp3) is 0.118. The molecule has 1 heterocycles. The van der Waals surface area contributed by atoms with E-state index >= 15 is 0 Å². The Bertz CT molecular complexity index is 1040. The Hall–Kier alpha value is -2.08. The molecule has 0 bridgehead atoms. The summed E-state index contributed by atoms with van der Waals surface area (Å²) in [4.78, 5) is 12.6. The summed E-state index contributed by atoms with van der Waals surface area (Å²) in [5, 5.41) is 12.5. The molecular formula is C17H13Cl3N4O. The second-order valence-electron chi connectivity index (χ2n) is 5.46. The minimum Gasteiger partial charge on any atom is -0.293 e. The number of nitrogens with one attached hydrogen (secondary N) is 1. The summed E-state index contributed by atoms with van der Waals surface area (Å²) in [6.45, 7) is 3.64. The summed E-state index contributed by atoms with van der Waals surface area (Å²) in [5.74, 6) is 0. The lowest BCUT2D eigenvalue weighted by molar-refractivity contribution is 0.835.